The van der Waals surface area contributed by atoms with E-state index in [1.54, 1.807) is 0 Å². The molecule has 3 nitrogen and oxygen atoms in total. The van der Waals surface area contributed by atoms with Gasteiger partial charge in [0.25, 0.3) is 0 Å². The Balaban J connectivity index is 1.46. The maximum atomic E-state index is 6.38. The fourth-order valence-electron chi connectivity index (χ4n) is 6.92. The standard InChI is InChI=1S/C42H28N2O/c1-4-15-29(16-5-1)32-22-12-23-35-41(32)42-36(24-13-25-37(42)44(35)31-19-8-3-9-20-31)43(30-17-6-2-7-18-30)34-26-14-28-39-40(34)33-21-10-11-27-38(33)45-39/h1-28H. The summed E-state index contributed by atoms with van der Waals surface area (Å²) in [5.41, 5.74) is 10.9. The Morgan fingerprint density at radius 3 is 1.78 bits per heavy atom. The van der Waals surface area contributed by atoms with E-state index in [4.69, 9.17) is 4.42 Å². The van der Waals surface area contributed by atoms with E-state index in [2.05, 4.69) is 167 Å². The van der Waals surface area contributed by atoms with Gasteiger partial charge < -0.3 is 13.9 Å². The number of anilines is 3. The van der Waals surface area contributed by atoms with Gasteiger partial charge in [0.1, 0.15) is 11.2 Å². The largest absolute Gasteiger partial charge is 0.456 e. The van der Waals surface area contributed by atoms with Gasteiger partial charge in [-0.25, -0.2) is 0 Å². The molecule has 0 radical (unpaired) electrons. The predicted molar refractivity (Wildman–Crippen MR) is 188 cm³/mol. The predicted octanol–water partition coefficient (Wildman–Crippen LogP) is 11.8. The summed E-state index contributed by atoms with van der Waals surface area (Å²) in [5.74, 6) is 0. The van der Waals surface area contributed by atoms with Gasteiger partial charge in [0.15, 0.2) is 0 Å². The number of benzene rings is 7. The maximum absolute atomic E-state index is 6.38. The van der Waals surface area contributed by atoms with E-state index < -0.39 is 0 Å². The van der Waals surface area contributed by atoms with Crippen LogP contribution in [0, 0.1) is 0 Å². The van der Waals surface area contributed by atoms with Gasteiger partial charge in [0.2, 0.25) is 0 Å². The Labute approximate surface area is 260 Å². The zero-order valence-electron chi connectivity index (χ0n) is 24.5. The molecule has 2 aromatic heterocycles. The minimum absolute atomic E-state index is 0.874. The van der Waals surface area contributed by atoms with Crippen LogP contribution in [-0.2, 0) is 0 Å². The number of furan rings is 1. The highest BCUT2D eigenvalue weighted by molar-refractivity contribution is 6.22. The molecule has 0 unspecified atom stereocenters. The molecule has 0 saturated carbocycles. The van der Waals surface area contributed by atoms with E-state index in [-0.39, 0.29) is 0 Å². The van der Waals surface area contributed by atoms with Crippen molar-refractivity contribution in [2.24, 2.45) is 0 Å². The Hall–Kier alpha value is -6.06. The summed E-state index contributed by atoms with van der Waals surface area (Å²) in [6, 6.07) is 60.1. The molecule has 0 bridgehead atoms. The summed E-state index contributed by atoms with van der Waals surface area (Å²) in [5, 5.41) is 4.63. The first-order valence-corrected chi connectivity index (χ1v) is 15.3. The number of fused-ring (bicyclic) bond motifs is 6. The topological polar surface area (TPSA) is 21.3 Å². The second-order valence-electron chi connectivity index (χ2n) is 11.3. The van der Waals surface area contributed by atoms with Gasteiger partial charge in [-0.2, -0.15) is 0 Å². The summed E-state index contributed by atoms with van der Waals surface area (Å²) in [7, 11) is 0. The molecule has 3 heteroatoms. The van der Waals surface area contributed by atoms with Crippen molar-refractivity contribution in [1.82, 2.24) is 4.57 Å². The summed E-state index contributed by atoms with van der Waals surface area (Å²) in [4.78, 5) is 2.41. The number of para-hydroxylation sites is 3. The van der Waals surface area contributed by atoms with Crippen molar-refractivity contribution in [3.05, 3.63) is 170 Å². The number of aromatic nitrogens is 1. The second kappa shape index (κ2) is 10.3. The average Bonchev–Trinajstić information content (AvgIpc) is 3.66. The Bertz CT molecular complexity index is 2470. The summed E-state index contributed by atoms with van der Waals surface area (Å²) < 4.78 is 8.78. The molecule has 0 aliphatic carbocycles. The van der Waals surface area contributed by atoms with E-state index in [1.807, 2.05) is 12.1 Å². The summed E-state index contributed by atoms with van der Waals surface area (Å²) in [6.45, 7) is 0. The van der Waals surface area contributed by atoms with Crippen molar-refractivity contribution >= 4 is 60.8 Å². The van der Waals surface area contributed by atoms with E-state index in [1.165, 1.54) is 27.4 Å². The van der Waals surface area contributed by atoms with Crippen LogP contribution in [0.25, 0.3) is 60.6 Å². The van der Waals surface area contributed by atoms with E-state index >= 15 is 0 Å². The monoisotopic (exact) mass is 576 g/mol. The van der Waals surface area contributed by atoms with Crippen molar-refractivity contribution in [3.8, 4) is 16.8 Å². The Morgan fingerprint density at radius 1 is 0.422 bits per heavy atom. The molecule has 0 aliphatic rings. The van der Waals surface area contributed by atoms with E-state index in [9.17, 15) is 0 Å². The minimum Gasteiger partial charge on any atom is -0.456 e. The fraction of sp³-hybridized carbons (Fsp3) is 0. The lowest BCUT2D eigenvalue weighted by molar-refractivity contribution is 0.669. The molecule has 0 aliphatic heterocycles. The van der Waals surface area contributed by atoms with Crippen LogP contribution in [0.15, 0.2) is 174 Å². The van der Waals surface area contributed by atoms with Crippen LogP contribution in [0.5, 0.6) is 0 Å². The van der Waals surface area contributed by atoms with Crippen molar-refractivity contribution in [3.63, 3.8) is 0 Å². The fourth-order valence-corrected chi connectivity index (χ4v) is 6.92. The molecule has 0 atom stereocenters. The third-order valence-electron chi connectivity index (χ3n) is 8.77. The van der Waals surface area contributed by atoms with Crippen LogP contribution < -0.4 is 4.90 Å². The lowest BCUT2D eigenvalue weighted by Gasteiger charge is -2.27. The van der Waals surface area contributed by atoms with Gasteiger partial charge in [-0.1, -0.05) is 109 Å². The highest BCUT2D eigenvalue weighted by atomic mass is 16.3. The minimum atomic E-state index is 0.874. The number of nitrogens with zero attached hydrogens (tertiary/aromatic N) is 2. The van der Waals surface area contributed by atoms with Crippen LogP contribution in [0.4, 0.5) is 17.1 Å². The van der Waals surface area contributed by atoms with Crippen molar-refractivity contribution < 1.29 is 4.42 Å². The zero-order valence-corrected chi connectivity index (χ0v) is 24.5. The van der Waals surface area contributed by atoms with Gasteiger partial charge in [-0.15, -0.1) is 0 Å². The summed E-state index contributed by atoms with van der Waals surface area (Å²) >= 11 is 0. The maximum Gasteiger partial charge on any atom is 0.137 e. The molecule has 0 fully saturated rings. The highest BCUT2D eigenvalue weighted by Gasteiger charge is 2.25. The normalized spacial score (nSPS) is 11.6. The first-order valence-electron chi connectivity index (χ1n) is 15.3. The van der Waals surface area contributed by atoms with E-state index in [0.717, 1.165) is 50.2 Å². The van der Waals surface area contributed by atoms with Crippen molar-refractivity contribution in [1.29, 1.82) is 0 Å². The molecule has 2 heterocycles. The average molecular weight is 577 g/mol. The zero-order chi connectivity index (χ0) is 29.7. The molecule has 0 spiro atoms. The highest BCUT2D eigenvalue weighted by Crippen LogP contribution is 2.48. The first-order chi connectivity index (χ1) is 22.4. The molecule has 0 saturated heterocycles. The van der Waals surface area contributed by atoms with Gasteiger partial charge in [-0.3, -0.25) is 0 Å². The van der Waals surface area contributed by atoms with Crippen molar-refractivity contribution in [2.75, 3.05) is 4.90 Å². The van der Waals surface area contributed by atoms with Crippen LogP contribution >= 0.6 is 0 Å². The first kappa shape index (κ1) is 25.4. The van der Waals surface area contributed by atoms with Crippen molar-refractivity contribution in [2.45, 2.75) is 0 Å². The number of rotatable bonds is 5. The molecule has 45 heavy (non-hydrogen) atoms. The van der Waals surface area contributed by atoms with Crippen LogP contribution in [-0.4, -0.2) is 4.57 Å². The molecular weight excluding hydrogens is 548 g/mol. The molecule has 9 rings (SSSR count). The third-order valence-corrected chi connectivity index (χ3v) is 8.77. The molecular formula is C42H28N2O. The SMILES string of the molecule is c1ccc(-c2cccc3c2c2c(N(c4ccccc4)c4cccc5oc6ccccc6c45)cccc2n3-c2ccccc2)cc1. The molecule has 212 valence electrons. The van der Waals surface area contributed by atoms with Crippen LogP contribution in [0.1, 0.15) is 0 Å². The molecule has 0 amide bonds. The number of hydrogen-bond acceptors (Lipinski definition) is 2. The number of hydrogen-bond donors (Lipinski definition) is 0. The van der Waals surface area contributed by atoms with Crippen LogP contribution in [0.3, 0.4) is 0 Å². The van der Waals surface area contributed by atoms with E-state index in [0.29, 0.717) is 0 Å². The second-order valence-corrected chi connectivity index (χ2v) is 11.3. The van der Waals surface area contributed by atoms with Gasteiger partial charge in [0, 0.05) is 27.5 Å². The smallest absolute Gasteiger partial charge is 0.137 e. The van der Waals surface area contributed by atoms with Gasteiger partial charge in [0.05, 0.1) is 27.8 Å². The molecule has 7 aromatic carbocycles. The molecule has 0 N–H and O–H groups in total. The van der Waals surface area contributed by atoms with Gasteiger partial charge in [-0.05, 0) is 71.8 Å². The quantitative estimate of drug-likeness (QED) is 0.203. The lowest BCUT2D eigenvalue weighted by Crippen LogP contribution is -2.10. The Kier molecular flexibility index (Phi) is 5.82. The van der Waals surface area contributed by atoms with Gasteiger partial charge >= 0.3 is 0 Å². The van der Waals surface area contributed by atoms with Crippen LogP contribution in [0.2, 0.25) is 0 Å². The summed E-state index contributed by atoms with van der Waals surface area (Å²) in [6.07, 6.45) is 0. The molecule has 9 aromatic rings. The lowest BCUT2D eigenvalue weighted by atomic mass is 9.98. The third kappa shape index (κ3) is 3.98. The Morgan fingerprint density at radius 2 is 1.00 bits per heavy atom.